The van der Waals surface area contributed by atoms with Crippen molar-refractivity contribution in [2.24, 2.45) is 0 Å². The van der Waals surface area contributed by atoms with Gasteiger partial charge < -0.3 is 9.84 Å². The molecule has 0 aliphatic carbocycles. The summed E-state index contributed by atoms with van der Waals surface area (Å²) in [5.41, 5.74) is 0.187. The molecule has 1 fully saturated rings. The number of amides is 2. The highest BCUT2D eigenvalue weighted by Gasteiger charge is 2.25. The van der Waals surface area contributed by atoms with Crippen molar-refractivity contribution in [3.05, 3.63) is 11.6 Å². The zero-order valence-electron chi connectivity index (χ0n) is 8.93. The fourth-order valence-electron chi connectivity index (χ4n) is 1.31. The first-order valence-electron chi connectivity index (χ1n) is 4.89. The number of carboxylic acid groups (broad SMARTS) is 1. The summed E-state index contributed by atoms with van der Waals surface area (Å²) in [7, 11) is 0. The van der Waals surface area contributed by atoms with Gasteiger partial charge in [0.25, 0.3) is 11.8 Å². The predicted octanol–water partition coefficient (Wildman–Crippen LogP) is -0.207. The molecule has 16 heavy (non-hydrogen) atoms. The second-order valence-corrected chi connectivity index (χ2v) is 3.28. The Morgan fingerprint density at radius 1 is 1.44 bits per heavy atom. The summed E-state index contributed by atoms with van der Waals surface area (Å²) < 4.78 is 4.73. The zero-order chi connectivity index (χ0) is 12.1. The van der Waals surface area contributed by atoms with Crippen LogP contribution in [-0.2, 0) is 19.1 Å². The third-order valence-corrected chi connectivity index (χ3v) is 2.23. The van der Waals surface area contributed by atoms with Crippen LogP contribution >= 0.6 is 0 Å². The Labute approximate surface area is 92.5 Å². The number of carboxylic acids is 1. The molecule has 1 N–H and O–H groups in total. The zero-order valence-corrected chi connectivity index (χ0v) is 8.93. The summed E-state index contributed by atoms with van der Waals surface area (Å²) in [4.78, 5) is 34.2. The molecular weight excluding hydrogens is 214 g/mol. The van der Waals surface area contributed by atoms with Gasteiger partial charge in [0.1, 0.15) is 13.2 Å². The van der Waals surface area contributed by atoms with E-state index >= 15 is 0 Å². The molecule has 6 heteroatoms. The summed E-state index contributed by atoms with van der Waals surface area (Å²) in [5.74, 6) is -1.91. The van der Waals surface area contributed by atoms with Crippen LogP contribution in [0.2, 0.25) is 0 Å². The van der Waals surface area contributed by atoms with Crippen LogP contribution in [0.1, 0.15) is 13.3 Å². The quantitative estimate of drug-likeness (QED) is 0.530. The number of imide groups is 1. The van der Waals surface area contributed by atoms with Crippen molar-refractivity contribution in [1.29, 1.82) is 0 Å². The monoisotopic (exact) mass is 227 g/mol. The Morgan fingerprint density at radius 2 is 2.00 bits per heavy atom. The van der Waals surface area contributed by atoms with Gasteiger partial charge in [0, 0.05) is 12.1 Å². The Hall–Kier alpha value is -1.69. The van der Waals surface area contributed by atoms with Crippen LogP contribution in [0, 0.1) is 0 Å². The largest absolute Gasteiger partial charge is 0.478 e. The molecule has 1 aliphatic rings. The average Bonchev–Trinajstić information content (AvgIpc) is 2.22. The molecule has 1 saturated heterocycles. The van der Waals surface area contributed by atoms with E-state index in [0.717, 1.165) is 4.90 Å². The van der Waals surface area contributed by atoms with Gasteiger partial charge in [-0.1, -0.05) is 13.0 Å². The number of nitrogens with zero attached hydrogens (tertiary/aromatic N) is 1. The van der Waals surface area contributed by atoms with Crippen LogP contribution in [-0.4, -0.2) is 47.5 Å². The van der Waals surface area contributed by atoms with Crippen molar-refractivity contribution in [1.82, 2.24) is 4.90 Å². The first-order chi connectivity index (χ1) is 7.56. The highest BCUT2D eigenvalue weighted by atomic mass is 16.5. The topological polar surface area (TPSA) is 83.9 Å². The Bertz CT molecular complexity index is 331. The molecule has 0 spiro atoms. The van der Waals surface area contributed by atoms with Crippen LogP contribution in [0.15, 0.2) is 11.6 Å². The minimum Gasteiger partial charge on any atom is -0.478 e. The van der Waals surface area contributed by atoms with Crippen LogP contribution in [0.25, 0.3) is 0 Å². The number of ether oxygens (including phenoxy) is 1. The van der Waals surface area contributed by atoms with Crippen LogP contribution < -0.4 is 0 Å². The van der Waals surface area contributed by atoms with Crippen LogP contribution in [0.4, 0.5) is 0 Å². The lowest BCUT2D eigenvalue weighted by molar-refractivity contribution is -0.157. The number of morpholine rings is 1. The highest BCUT2D eigenvalue weighted by Crippen LogP contribution is 2.05. The Balaban J connectivity index is 2.68. The molecule has 0 aromatic rings. The molecule has 2 amide bonds. The third kappa shape index (κ3) is 2.90. The van der Waals surface area contributed by atoms with Gasteiger partial charge in [-0.2, -0.15) is 0 Å². The van der Waals surface area contributed by atoms with E-state index in [4.69, 9.17) is 9.84 Å². The number of rotatable bonds is 4. The van der Waals surface area contributed by atoms with Gasteiger partial charge in [-0.05, 0) is 6.42 Å². The molecule has 0 radical (unpaired) electrons. The molecule has 0 atom stereocenters. The maximum absolute atomic E-state index is 11.3. The Morgan fingerprint density at radius 3 is 2.44 bits per heavy atom. The van der Waals surface area contributed by atoms with Crippen LogP contribution in [0.5, 0.6) is 0 Å². The summed E-state index contributed by atoms with van der Waals surface area (Å²) in [6, 6.07) is 0. The van der Waals surface area contributed by atoms with E-state index in [1.54, 1.807) is 6.92 Å². The lowest BCUT2D eigenvalue weighted by atomic mass is 10.2. The molecule has 1 aliphatic heterocycles. The molecule has 1 heterocycles. The lowest BCUT2D eigenvalue weighted by Crippen LogP contribution is -2.46. The molecule has 88 valence electrons. The Kier molecular flexibility index (Phi) is 4.19. The van der Waals surface area contributed by atoms with E-state index in [-0.39, 0.29) is 25.3 Å². The van der Waals surface area contributed by atoms with Crippen molar-refractivity contribution >= 4 is 17.8 Å². The molecule has 1 rings (SSSR count). The highest BCUT2D eigenvalue weighted by molar-refractivity contribution is 5.98. The normalized spacial score (nSPS) is 17.8. The van der Waals surface area contributed by atoms with Crippen LogP contribution in [0.3, 0.4) is 0 Å². The first-order valence-corrected chi connectivity index (χ1v) is 4.89. The number of aliphatic carboxylic acids is 1. The van der Waals surface area contributed by atoms with E-state index < -0.39 is 17.8 Å². The first kappa shape index (κ1) is 12.4. The fourth-order valence-corrected chi connectivity index (χ4v) is 1.31. The van der Waals surface area contributed by atoms with Gasteiger partial charge in [0.05, 0.1) is 0 Å². The summed E-state index contributed by atoms with van der Waals surface area (Å²) in [5, 5.41) is 8.75. The van der Waals surface area contributed by atoms with Gasteiger partial charge in [-0.3, -0.25) is 14.5 Å². The number of hydrogen-bond donors (Lipinski definition) is 1. The third-order valence-electron chi connectivity index (χ3n) is 2.23. The smallest absolute Gasteiger partial charge is 0.331 e. The SMILES string of the molecule is CCC(=CCN1C(=O)COCC1=O)C(=O)O. The van der Waals surface area contributed by atoms with Gasteiger partial charge >= 0.3 is 5.97 Å². The van der Waals surface area contributed by atoms with Crippen molar-refractivity contribution in [2.45, 2.75) is 13.3 Å². The fraction of sp³-hybridized carbons (Fsp3) is 0.500. The van der Waals surface area contributed by atoms with Gasteiger partial charge in [-0.25, -0.2) is 4.79 Å². The molecule has 0 bridgehead atoms. The molecule has 0 aromatic carbocycles. The van der Waals surface area contributed by atoms with Crippen molar-refractivity contribution in [2.75, 3.05) is 19.8 Å². The number of carbonyl (C=O) groups excluding carboxylic acids is 2. The second-order valence-electron chi connectivity index (χ2n) is 3.28. The van der Waals surface area contributed by atoms with E-state index in [1.165, 1.54) is 6.08 Å². The maximum atomic E-state index is 11.3. The van der Waals surface area contributed by atoms with E-state index in [9.17, 15) is 14.4 Å². The molecule has 0 aromatic heterocycles. The van der Waals surface area contributed by atoms with E-state index in [2.05, 4.69) is 0 Å². The van der Waals surface area contributed by atoms with Crippen molar-refractivity contribution < 1.29 is 24.2 Å². The summed E-state index contributed by atoms with van der Waals surface area (Å²) in [6.07, 6.45) is 1.73. The predicted molar refractivity (Wildman–Crippen MR) is 53.5 cm³/mol. The number of carbonyl (C=O) groups is 3. The minimum atomic E-state index is -1.03. The number of hydrogen-bond acceptors (Lipinski definition) is 4. The standard InChI is InChI=1S/C10H13NO5/c1-2-7(10(14)15)3-4-11-8(12)5-16-6-9(11)13/h3H,2,4-6H2,1H3,(H,14,15). The van der Waals surface area contributed by atoms with Crippen molar-refractivity contribution in [3.63, 3.8) is 0 Å². The molecule has 6 nitrogen and oxygen atoms in total. The minimum absolute atomic E-state index is 0.00347. The van der Waals surface area contributed by atoms with Gasteiger partial charge in [-0.15, -0.1) is 0 Å². The average molecular weight is 227 g/mol. The van der Waals surface area contributed by atoms with Gasteiger partial charge in [0.15, 0.2) is 0 Å². The van der Waals surface area contributed by atoms with Crippen molar-refractivity contribution in [3.8, 4) is 0 Å². The van der Waals surface area contributed by atoms with E-state index in [0.29, 0.717) is 6.42 Å². The van der Waals surface area contributed by atoms with Gasteiger partial charge in [0.2, 0.25) is 0 Å². The lowest BCUT2D eigenvalue weighted by Gasteiger charge is -2.23. The van der Waals surface area contributed by atoms with E-state index in [1.807, 2.05) is 0 Å². The molecular formula is C10H13NO5. The summed E-state index contributed by atoms with van der Waals surface area (Å²) >= 11 is 0. The molecule has 0 unspecified atom stereocenters. The second kappa shape index (κ2) is 5.41. The summed E-state index contributed by atoms with van der Waals surface area (Å²) in [6.45, 7) is 1.43. The molecule has 0 saturated carbocycles. The maximum Gasteiger partial charge on any atom is 0.331 e.